The van der Waals surface area contributed by atoms with Gasteiger partial charge in [0.05, 0.1) is 6.54 Å². The van der Waals surface area contributed by atoms with Gasteiger partial charge in [-0.1, -0.05) is 13.8 Å². The molecule has 4 nitrogen and oxygen atoms in total. The zero-order valence-electron chi connectivity index (χ0n) is 12.2. The van der Waals surface area contributed by atoms with E-state index >= 15 is 0 Å². The lowest BCUT2D eigenvalue weighted by atomic mass is 10.1. The lowest BCUT2D eigenvalue weighted by Crippen LogP contribution is -2.49. The first-order chi connectivity index (χ1) is 8.65. The molecule has 0 saturated carbocycles. The van der Waals surface area contributed by atoms with Crippen LogP contribution in [0.2, 0.25) is 0 Å². The molecule has 2 atom stereocenters. The van der Waals surface area contributed by atoms with Gasteiger partial charge in [0.15, 0.2) is 0 Å². The lowest BCUT2D eigenvalue weighted by molar-refractivity contribution is -0.123. The minimum Gasteiger partial charge on any atom is -0.353 e. The molecule has 2 unspecified atom stereocenters. The molecular weight excluding hydrogens is 226 g/mol. The number of amides is 1. The predicted molar refractivity (Wildman–Crippen MR) is 75.7 cm³/mol. The first-order valence-electron chi connectivity index (χ1n) is 7.40. The van der Waals surface area contributed by atoms with Gasteiger partial charge in [-0.15, -0.1) is 0 Å². The Labute approximate surface area is 111 Å². The highest BCUT2D eigenvalue weighted by molar-refractivity contribution is 5.78. The second kappa shape index (κ2) is 8.48. The Bertz CT molecular complexity index is 245. The molecule has 0 spiro atoms. The maximum atomic E-state index is 11.8. The van der Waals surface area contributed by atoms with Gasteiger partial charge in [-0.3, -0.25) is 9.69 Å². The molecule has 1 rings (SSSR count). The molecule has 4 heteroatoms. The molecule has 0 aromatic heterocycles. The Hall–Kier alpha value is -0.610. The number of hydrogen-bond donors (Lipinski definition) is 2. The predicted octanol–water partition coefficient (Wildman–Crippen LogP) is 1.37. The number of hydrogen-bond acceptors (Lipinski definition) is 3. The summed E-state index contributed by atoms with van der Waals surface area (Å²) in [6.45, 7) is 10.0. The lowest BCUT2D eigenvalue weighted by Gasteiger charge is -2.33. The first-order valence-corrected chi connectivity index (χ1v) is 7.40. The van der Waals surface area contributed by atoms with E-state index in [1.54, 1.807) is 0 Å². The van der Waals surface area contributed by atoms with E-state index in [9.17, 15) is 4.79 Å². The van der Waals surface area contributed by atoms with Crippen molar-refractivity contribution in [3.05, 3.63) is 0 Å². The van der Waals surface area contributed by atoms with E-state index in [0.717, 1.165) is 26.1 Å². The fraction of sp³-hybridized carbons (Fsp3) is 0.929. The van der Waals surface area contributed by atoms with Crippen molar-refractivity contribution in [3.63, 3.8) is 0 Å². The van der Waals surface area contributed by atoms with E-state index < -0.39 is 0 Å². The quantitative estimate of drug-likeness (QED) is 0.722. The van der Waals surface area contributed by atoms with E-state index in [1.165, 1.54) is 19.3 Å². The Morgan fingerprint density at radius 3 is 2.89 bits per heavy atom. The monoisotopic (exact) mass is 255 g/mol. The van der Waals surface area contributed by atoms with Crippen molar-refractivity contribution in [2.75, 3.05) is 26.2 Å². The highest BCUT2D eigenvalue weighted by Crippen LogP contribution is 2.09. The van der Waals surface area contributed by atoms with Gasteiger partial charge in [0.25, 0.3) is 0 Å². The van der Waals surface area contributed by atoms with Crippen molar-refractivity contribution in [3.8, 4) is 0 Å². The van der Waals surface area contributed by atoms with Gasteiger partial charge in [0.1, 0.15) is 0 Å². The van der Waals surface area contributed by atoms with Crippen molar-refractivity contribution < 1.29 is 4.79 Å². The molecule has 1 saturated heterocycles. The maximum Gasteiger partial charge on any atom is 0.234 e. The first kappa shape index (κ1) is 15.4. The van der Waals surface area contributed by atoms with Gasteiger partial charge in [0, 0.05) is 18.6 Å². The van der Waals surface area contributed by atoms with E-state index in [2.05, 4.69) is 36.3 Å². The van der Waals surface area contributed by atoms with Crippen LogP contribution in [0.5, 0.6) is 0 Å². The van der Waals surface area contributed by atoms with Crippen molar-refractivity contribution in [2.24, 2.45) is 0 Å². The Balaban J connectivity index is 2.26. The van der Waals surface area contributed by atoms with Crippen LogP contribution in [0.4, 0.5) is 0 Å². The number of carbonyl (C=O) groups is 1. The molecule has 1 aliphatic heterocycles. The topological polar surface area (TPSA) is 44.4 Å². The Morgan fingerprint density at radius 1 is 1.44 bits per heavy atom. The third-order valence-corrected chi connectivity index (χ3v) is 3.58. The summed E-state index contributed by atoms with van der Waals surface area (Å²) < 4.78 is 0. The van der Waals surface area contributed by atoms with Gasteiger partial charge in [-0.2, -0.15) is 0 Å². The third-order valence-electron chi connectivity index (χ3n) is 3.58. The second-order valence-corrected chi connectivity index (χ2v) is 5.41. The van der Waals surface area contributed by atoms with Gasteiger partial charge in [-0.25, -0.2) is 0 Å². The standard InChI is InChI=1S/C14H29N3O/c1-4-8-15-13-7-6-9-17(10-13)11-14(18)16-12(3)5-2/h12-13,15H,4-11H2,1-3H3,(H,16,18). The molecule has 0 radical (unpaired) electrons. The molecule has 1 aliphatic rings. The fourth-order valence-electron chi connectivity index (χ4n) is 2.34. The normalized spacial score (nSPS) is 22.7. The fourth-order valence-corrected chi connectivity index (χ4v) is 2.34. The van der Waals surface area contributed by atoms with Crippen molar-refractivity contribution in [1.29, 1.82) is 0 Å². The number of nitrogens with zero attached hydrogens (tertiary/aromatic N) is 1. The second-order valence-electron chi connectivity index (χ2n) is 5.41. The van der Waals surface area contributed by atoms with E-state index in [-0.39, 0.29) is 11.9 Å². The molecule has 0 aromatic carbocycles. The molecule has 0 aromatic rings. The third kappa shape index (κ3) is 5.83. The minimum atomic E-state index is 0.167. The van der Waals surface area contributed by atoms with Crippen LogP contribution in [0.1, 0.15) is 46.5 Å². The average Bonchev–Trinajstić information content (AvgIpc) is 2.36. The van der Waals surface area contributed by atoms with Crippen LogP contribution >= 0.6 is 0 Å². The number of carbonyl (C=O) groups excluding carboxylic acids is 1. The van der Waals surface area contributed by atoms with Crippen LogP contribution in [0.3, 0.4) is 0 Å². The summed E-state index contributed by atoms with van der Waals surface area (Å²) in [5.74, 6) is 0.167. The summed E-state index contributed by atoms with van der Waals surface area (Å²) >= 11 is 0. The van der Waals surface area contributed by atoms with Crippen LogP contribution in [0.25, 0.3) is 0 Å². The highest BCUT2D eigenvalue weighted by atomic mass is 16.2. The molecule has 18 heavy (non-hydrogen) atoms. The minimum absolute atomic E-state index is 0.167. The van der Waals surface area contributed by atoms with E-state index in [4.69, 9.17) is 0 Å². The molecule has 1 amide bonds. The molecular formula is C14H29N3O. The number of nitrogens with one attached hydrogen (secondary N) is 2. The number of likely N-dealkylation sites (tertiary alicyclic amines) is 1. The van der Waals surface area contributed by atoms with Gasteiger partial charge in [0.2, 0.25) is 5.91 Å². The summed E-state index contributed by atoms with van der Waals surface area (Å²) in [4.78, 5) is 14.1. The largest absolute Gasteiger partial charge is 0.353 e. The Morgan fingerprint density at radius 2 is 2.22 bits per heavy atom. The molecule has 106 valence electrons. The van der Waals surface area contributed by atoms with E-state index in [1.807, 2.05) is 0 Å². The summed E-state index contributed by atoms with van der Waals surface area (Å²) in [6, 6.07) is 0.853. The van der Waals surface area contributed by atoms with E-state index in [0.29, 0.717) is 12.6 Å². The zero-order valence-corrected chi connectivity index (χ0v) is 12.2. The van der Waals surface area contributed by atoms with Crippen LogP contribution < -0.4 is 10.6 Å². The summed E-state index contributed by atoms with van der Waals surface area (Å²) in [7, 11) is 0. The SMILES string of the molecule is CCCNC1CCCN(CC(=O)NC(C)CC)C1. The van der Waals surface area contributed by atoms with Crippen molar-refractivity contribution in [1.82, 2.24) is 15.5 Å². The van der Waals surface area contributed by atoms with Gasteiger partial charge >= 0.3 is 0 Å². The average molecular weight is 255 g/mol. The maximum absolute atomic E-state index is 11.8. The van der Waals surface area contributed by atoms with Crippen LogP contribution in [-0.2, 0) is 4.79 Å². The van der Waals surface area contributed by atoms with Gasteiger partial charge in [-0.05, 0) is 45.7 Å². The highest BCUT2D eigenvalue weighted by Gasteiger charge is 2.21. The number of piperidine rings is 1. The van der Waals surface area contributed by atoms with Crippen molar-refractivity contribution >= 4 is 5.91 Å². The number of rotatable bonds is 7. The van der Waals surface area contributed by atoms with Gasteiger partial charge < -0.3 is 10.6 Å². The molecule has 1 fully saturated rings. The molecule has 1 heterocycles. The van der Waals surface area contributed by atoms with Crippen molar-refractivity contribution in [2.45, 2.75) is 58.5 Å². The Kier molecular flexibility index (Phi) is 7.28. The summed E-state index contributed by atoms with van der Waals surface area (Å²) in [6.07, 6.45) is 4.60. The van der Waals surface area contributed by atoms with Crippen LogP contribution in [-0.4, -0.2) is 49.1 Å². The molecule has 2 N–H and O–H groups in total. The van der Waals surface area contributed by atoms with Crippen LogP contribution in [0.15, 0.2) is 0 Å². The summed E-state index contributed by atoms with van der Waals surface area (Å²) in [5, 5.41) is 6.59. The molecule has 0 bridgehead atoms. The molecule has 0 aliphatic carbocycles. The van der Waals surface area contributed by atoms with Crippen LogP contribution in [0, 0.1) is 0 Å². The summed E-state index contributed by atoms with van der Waals surface area (Å²) in [5.41, 5.74) is 0. The zero-order chi connectivity index (χ0) is 13.4. The smallest absolute Gasteiger partial charge is 0.234 e.